The van der Waals surface area contributed by atoms with Crippen LogP contribution in [0.5, 0.6) is 0 Å². The summed E-state index contributed by atoms with van der Waals surface area (Å²) in [5.74, 6) is 0. The van der Waals surface area contributed by atoms with Gasteiger partial charge < -0.3 is 9.30 Å². The van der Waals surface area contributed by atoms with Crippen LogP contribution in [0.15, 0.2) is 18.2 Å². The summed E-state index contributed by atoms with van der Waals surface area (Å²) < 4.78 is 46.2. The molecule has 1 aromatic heterocycles. The Bertz CT molecular complexity index is 810. The SMILES string of the molecule is CCOCn1c(-c2ccc(Cl)c(Cl)c2)c(C#N)c(Cl)c1C(F)(F)F. The monoisotopic (exact) mass is 396 g/mol. The van der Waals surface area contributed by atoms with Crippen molar-refractivity contribution in [3.8, 4) is 17.3 Å². The average molecular weight is 398 g/mol. The summed E-state index contributed by atoms with van der Waals surface area (Å²) in [5.41, 5.74) is -1.20. The van der Waals surface area contributed by atoms with Crippen molar-refractivity contribution in [3.63, 3.8) is 0 Å². The normalized spacial score (nSPS) is 11.6. The maximum Gasteiger partial charge on any atom is 0.433 e. The van der Waals surface area contributed by atoms with Gasteiger partial charge in [-0.1, -0.05) is 40.9 Å². The van der Waals surface area contributed by atoms with Crippen LogP contribution in [0.2, 0.25) is 15.1 Å². The van der Waals surface area contributed by atoms with Gasteiger partial charge in [-0.05, 0) is 19.1 Å². The molecule has 1 heterocycles. The van der Waals surface area contributed by atoms with Crippen LogP contribution < -0.4 is 0 Å². The largest absolute Gasteiger partial charge is 0.433 e. The van der Waals surface area contributed by atoms with E-state index in [0.717, 1.165) is 4.57 Å². The van der Waals surface area contributed by atoms with Gasteiger partial charge in [0.25, 0.3) is 0 Å². The second kappa shape index (κ2) is 7.24. The molecule has 1 aromatic carbocycles. The summed E-state index contributed by atoms with van der Waals surface area (Å²) in [5, 5.41) is 9.01. The van der Waals surface area contributed by atoms with Crippen LogP contribution in [0.25, 0.3) is 11.3 Å². The first-order valence-electron chi connectivity index (χ1n) is 6.64. The molecule has 0 amide bonds. The van der Waals surface area contributed by atoms with Crippen molar-refractivity contribution >= 4 is 34.8 Å². The number of hydrogen-bond acceptors (Lipinski definition) is 2. The van der Waals surface area contributed by atoms with E-state index in [1.807, 2.05) is 0 Å². The average Bonchev–Trinajstić information content (AvgIpc) is 2.79. The van der Waals surface area contributed by atoms with Crippen molar-refractivity contribution in [2.24, 2.45) is 0 Å². The standard InChI is InChI=1S/C15H10Cl3F3N2O/c1-2-24-7-23-13(8-3-4-10(16)11(17)5-8)9(6-22)12(18)14(23)15(19,20)21/h3-5H,2,7H2,1H3. The van der Waals surface area contributed by atoms with Gasteiger partial charge in [-0.15, -0.1) is 0 Å². The number of aromatic nitrogens is 1. The number of hydrogen-bond donors (Lipinski definition) is 0. The van der Waals surface area contributed by atoms with Crippen LogP contribution in [0, 0.1) is 11.3 Å². The van der Waals surface area contributed by atoms with Gasteiger partial charge in [-0.25, -0.2) is 0 Å². The lowest BCUT2D eigenvalue weighted by Crippen LogP contribution is -2.16. The highest BCUT2D eigenvalue weighted by Crippen LogP contribution is 2.43. The highest BCUT2D eigenvalue weighted by atomic mass is 35.5. The molecule has 0 radical (unpaired) electrons. The zero-order valence-corrected chi connectivity index (χ0v) is 14.5. The number of nitriles is 1. The Morgan fingerprint density at radius 1 is 1.21 bits per heavy atom. The van der Waals surface area contributed by atoms with Crippen molar-refractivity contribution in [2.45, 2.75) is 19.8 Å². The van der Waals surface area contributed by atoms with E-state index in [9.17, 15) is 18.4 Å². The number of halogens is 6. The molecule has 0 unspecified atom stereocenters. The molecule has 0 aliphatic heterocycles. The van der Waals surface area contributed by atoms with Crippen LogP contribution in [-0.2, 0) is 17.6 Å². The number of rotatable bonds is 4. The van der Waals surface area contributed by atoms with E-state index >= 15 is 0 Å². The predicted molar refractivity (Wildman–Crippen MR) is 86.2 cm³/mol. The zero-order valence-electron chi connectivity index (χ0n) is 12.2. The van der Waals surface area contributed by atoms with Gasteiger partial charge in [0.2, 0.25) is 0 Å². The molecule has 0 spiro atoms. The highest BCUT2D eigenvalue weighted by Gasteiger charge is 2.41. The van der Waals surface area contributed by atoms with Crippen LogP contribution in [0.4, 0.5) is 13.2 Å². The van der Waals surface area contributed by atoms with Gasteiger partial charge in [-0.2, -0.15) is 18.4 Å². The molecule has 128 valence electrons. The highest BCUT2D eigenvalue weighted by molar-refractivity contribution is 6.42. The molecule has 0 N–H and O–H groups in total. The molecule has 0 saturated heterocycles. The quantitative estimate of drug-likeness (QED) is 0.634. The van der Waals surface area contributed by atoms with Crippen molar-refractivity contribution in [1.82, 2.24) is 4.57 Å². The number of nitrogens with zero attached hydrogens (tertiary/aromatic N) is 2. The van der Waals surface area contributed by atoms with E-state index in [1.165, 1.54) is 18.2 Å². The first kappa shape index (κ1) is 18.9. The molecule has 3 nitrogen and oxygen atoms in total. The smallest absolute Gasteiger partial charge is 0.361 e. The molecule has 0 bridgehead atoms. The molecular weight excluding hydrogens is 388 g/mol. The molecule has 0 fully saturated rings. The second-order valence-electron chi connectivity index (χ2n) is 4.67. The maximum absolute atomic E-state index is 13.4. The minimum Gasteiger partial charge on any atom is -0.361 e. The van der Waals surface area contributed by atoms with E-state index < -0.39 is 23.6 Å². The summed E-state index contributed by atoms with van der Waals surface area (Å²) in [6, 6.07) is 5.99. The topological polar surface area (TPSA) is 38.0 Å². The number of ether oxygens (including phenoxy) is 1. The Morgan fingerprint density at radius 2 is 1.88 bits per heavy atom. The first-order valence-corrected chi connectivity index (χ1v) is 7.78. The van der Waals surface area contributed by atoms with Gasteiger partial charge in [0.1, 0.15) is 18.5 Å². The predicted octanol–water partition coefficient (Wildman–Crippen LogP) is 6.00. The first-order chi connectivity index (χ1) is 11.2. The van der Waals surface area contributed by atoms with Crippen LogP contribution in [-0.4, -0.2) is 11.2 Å². The molecule has 0 saturated carbocycles. The molecule has 2 rings (SSSR count). The van der Waals surface area contributed by atoms with E-state index in [1.54, 1.807) is 13.0 Å². The molecule has 0 aliphatic rings. The molecule has 24 heavy (non-hydrogen) atoms. The van der Waals surface area contributed by atoms with Crippen molar-refractivity contribution in [2.75, 3.05) is 6.61 Å². The minimum absolute atomic E-state index is 0.0261. The van der Waals surface area contributed by atoms with Crippen molar-refractivity contribution < 1.29 is 17.9 Å². The second-order valence-corrected chi connectivity index (χ2v) is 5.87. The molecule has 0 aliphatic carbocycles. The summed E-state index contributed by atoms with van der Waals surface area (Å²) >= 11 is 17.6. The fourth-order valence-electron chi connectivity index (χ4n) is 2.22. The fourth-order valence-corrected chi connectivity index (χ4v) is 2.86. The van der Waals surface area contributed by atoms with Crippen LogP contribution in [0.1, 0.15) is 18.2 Å². The summed E-state index contributed by atoms with van der Waals surface area (Å²) in [6.07, 6.45) is -4.76. The summed E-state index contributed by atoms with van der Waals surface area (Å²) in [7, 11) is 0. The van der Waals surface area contributed by atoms with Gasteiger partial charge in [0.05, 0.1) is 26.3 Å². The third kappa shape index (κ3) is 3.50. The number of benzene rings is 1. The molecular formula is C15H10Cl3F3N2O. The third-order valence-electron chi connectivity index (χ3n) is 3.20. The van der Waals surface area contributed by atoms with Gasteiger partial charge >= 0.3 is 6.18 Å². The lowest BCUT2D eigenvalue weighted by Gasteiger charge is -2.15. The molecule has 2 aromatic rings. The zero-order chi connectivity index (χ0) is 18.1. The van der Waals surface area contributed by atoms with Gasteiger partial charge in [-0.3, -0.25) is 0 Å². The van der Waals surface area contributed by atoms with Crippen molar-refractivity contribution in [1.29, 1.82) is 5.26 Å². The van der Waals surface area contributed by atoms with E-state index in [2.05, 4.69) is 0 Å². The Labute approximate surface area is 151 Å². The Morgan fingerprint density at radius 3 is 2.38 bits per heavy atom. The van der Waals surface area contributed by atoms with Crippen LogP contribution >= 0.6 is 34.8 Å². The maximum atomic E-state index is 13.4. The third-order valence-corrected chi connectivity index (χ3v) is 4.31. The van der Waals surface area contributed by atoms with Crippen LogP contribution in [0.3, 0.4) is 0 Å². The lowest BCUT2D eigenvalue weighted by molar-refractivity contribution is -0.145. The van der Waals surface area contributed by atoms with E-state index in [-0.39, 0.29) is 33.5 Å². The van der Waals surface area contributed by atoms with E-state index in [0.29, 0.717) is 0 Å². The molecule has 9 heteroatoms. The van der Waals surface area contributed by atoms with Crippen molar-refractivity contribution in [3.05, 3.63) is 44.5 Å². The number of alkyl halides is 3. The molecule has 0 atom stereocenters. The lowest BCUT2D eigenvalue weighted by atomic mass is 10.1. The Balaban J connectivity index is 2.82. The fraction of sp³-hybridized carbons (Fsp3) is 0.267. The van der Waals surface area contributed by atoms with Gasteiger partial charge in [0, 0.05) is 12.2 Å². The minimum atomic E-state index is -4.76. The Kier molecular flexibility index (Phi) is 5.71. The van der Waals surface area contributed by atoms with E-state index in [4.69, 9.17) is 39.5 Å². The van der Waals surface area contributed by atoms with Gasteiger partial charge in [0.15, 0.2) is 0 Å². The Hall–Kier alpha value is -1.39. The summed E-state index contributed by atoms with van der Waals surface area (Å²) in [6.45, 7) is 1.42. The summed E-state index contributed by atoms with van der Waals surface area (Å²) in [4.78, 5) is 0.